The van der Waals surface area contributed by atoms with Gasteiger partial charge in [0.15, 0.2) is 5.78 Å². The van der Waals surface area contributed by atoms with Gasteiger partial charge in [-0.1, -0.05) is 0 Å². The van der Waals surface area contributed by atoms with Gasteiger partial charge in [0.05, 0.1) is 18.9 Å². The van der Waals surface area contributed by atoms with E-state index in [1.807, 2.05) is 0 Å². The summed E-state index contributed by atoms with van der Waals surface area (Å²) in [5, 5.41) is 0. The lowest BCUT2D eigenvalue weighted by atomic mass is 9.85. The topological polar surface area (TPSA) is 37.4 Å². The van der Waals surface area contributed by atoms with E-state index >= 15 is 0 Å². The Morgan fingerprint density at radius 3 is 2.06 bits per heavy atom. The highest BCUT2D eigenvalue weighted by Crippen LogP contribution is 2.39. The molecule has 6 heteroatoms. The molecule has 96 valence electrons. The molecule has 1 saturated heterocycles. The maximum atomic E-state index is 12.4. The van der Waals surface area contributed by atoms with Gasteiger partial charge in [0.1, 0.15) is 0 Å². The van der Waals surface area contributed by atoms with Crippen molar-refractivity contribution < 1.29 is 22.8 Å². The average molecular weight is 249 g/mol. The summed E-state index contributed by atoms with van der Waals surface area (Å²) in [4.78, 5) is 24.0. The number of carbonyl (C=O) groups is 2. The molecular formula is C11H14F3NO2. The van der Waals surface area contributed by atoms with Crippen LogP contribution in [0.2, 0.25) is 0 Å². The van der Waals surface area contributed by atoms with Gasteiger partial charge in [-0.05, 0) is 25.7 Å². The minimum atomic E-state index is -4.13. The number of hydrogen-bond donors (Lipinski definition) is 0. The SMILES string of the molecule is O=C1CC(=O)N(C2CCC(C(F)(F)F)CC2)C1. The minimum Gasteiger partial charge on any atom is -0.332 e. The van der Waals surface area contributed by atoms with Gasteiger partial charge in [0, 0.05) is 6.04 Å². The molecule has 2 aliphatic rings. The van der Waals surface area contributed by atoms with Gasteiger partial charge in [-0.15, -0.1) is 0 Å². The third-order valence-corrected chi connectivity index (χ3v) is 3.62. The Labute approximate surface area is 97.0 Å². The van der Waals surface area contributed by atoms with Crippen LogP contribution in [0.3, 0.4) is 0 Å². The molecule has 0 bridgehead atoms. The van der Waals surface area contributed by atoms with Crippen molar-refractivity contribution in [2.24, 2.45) is 5.92 Å². The van der Waals surface area contributed by atoms with Crippen molar-refractivity contribution in [1.82, 2.24) is 4.90 Å². The Morgan fingerprint density at radius 2 is 1.65 bits per heavy atom. The van der Waals surface area contributed by atoms with Crippen LogP contribution in [-0.2, 0) is 9.59 Å². The summed E-state index contributed by atoms with van der Waals surface area (Å²) >= 11 is 0. The molecule has 2 fully saturated rings. The molecular weight excluding hydrogens is 235 g/mol. The van der Waals surface area contributed by atoms with E-state index in [4.69, 9.17) is 0 Å². The average Bonchev–Trinajstić information content (AvgIpc) is 2.57. The van der Waals surface area contributed by atoms with Crippen LogP contribution in [0.5, 0.6) is 0 Å². The molecule has 0 aromatic heterocycles. The fourth-order valence-corrected chi connectivity index (χ4v) is 2.65. The highest BCUT2D eigenvalue weighted by atomic mass is 19.4. The van der Waals surface area contributed by atoms with Gasteiger partial charge in [-0.3, -0.25) is 9.59 Å². The van der Waals surface area contributed by atoms with Crippen LogP contribution in [0, 0.1) is 5.92 Å². The predicted octanol–water partition coefficient (Wildman–Crippen LogP) is 1.91. The molecule has 1 aliphatic carbocycles. The fourth-order valence-electron chi connectivity index (χ4n) is 2.65. The summed E-state index contributed by atoms with van der Waals surface area (Å²) in [7, 11) is 0. The van der Waals surface area contributed by atoms with Gasteiger partial charge >= 0.3 is 6.18 Å². The molecule has 0 N–H and O–H groups in total. The van der Waals surface area contributed by atoms with E-state index < -0.39 is 12.1 Å². The second kappa shape index (κ2) is 4.31. The Balaban J connectivity index is 1.91. The van der Waals surface area contributed by atoms with Crippen molar-refractivity contribution in [3.05, 3.63) is 0 Å². The van der Waals surface area contributed by atoms with E-state index in [1.165, 1.54) is 4.90 Å². The Bertz CT molecular complexity index is 332. The third-order valence-electron chi connectivity index (χ3n) is 3.62. The van der Waals surface area contributed by atoms with Crippen molar-refractivity contribution in [2.45, 2.75) is 44.3 Å². The van der Waals surface area contributed by atoms with Crippen molar-refractivity contribution in [3.63, 3.8) is 0 Å². The normalized spacial score (nSPS) is 31.1. The minimum absolute atomic E-state index is 0.0616. The summed E-state index contributed by atoms with van der Waals surface area (Å²) in [6.07, 6.45) is -3.39. The van der Waals surface area contributed by atoms with Gasteiger partial charge in [0.2, 0.25) is 5.91 Å². The van der Waals surface area contributed by atoms with Gasteiger partial charge in [-0.2, -0.15) is 13.2 Å². The molecule has 0 aromatic rings. The van der Waals surface area contributed by atoms with Crippen LogP contribution in [-0.4, -0.2) is 35.4 Å². The standard InChI is InChI=1S/C11H14F3NO2/c12-11(13,14)7-1-3-8(4-2-7)15-6-9(16)5-10(15)17/h7-8H,1-6H2. The summed E-state index contributed by atoms with van der Waals surface area (Å²) in [6.45, 7) is 0.0835. The van der Waals surface area contributed by atoms with Crippen molar-refractivity contribution >= 4 is 11.7 Å². The van der Waals surface area contributed by atoms with Crippen LogP contribution < -0.4 is 0 Å². The zero-order chi connectivity index (χ0) is 12.6. The quantitative estimate of drug-likeness (QED) is 0.666. The van der Waals surface area contributed by atoms with Gasteiger partial charge in [0.25, 0.3) is 0 Å². The van der Waals surface area contributed by atoms with E-state index in [2.05, 4.69) is 0 Å². The number of alkyl halides is 3. The largest absolute Gasteiger partial charge is 0.391 e. The maximum absolute atomic E-state index is 12.4. The number of nitrogens with zero attached hydrogens (tertiary/aromatic N) is 1. The Morgan fingerprint density at radius 1 is 1.06 bits per heavy atom. The summed E-state index contributed by atoms with van der Waals surface area (Å²) in [5.74, 6) is -1.61. The number of amides is 1. The van der Waals surface area contributed by atoms with Crippen LogP contribution in [0.1, 0.15) is 32.1 Å². The zero-order valence-electron chi connectivity index (χ0n) is 9.29. The molecule has 17 heavy (non-hydrogen) atoms. The molecule has 0 spiro atoms. The molecule has 0 aromatic carbocycles. The first-order valence-electron chi connectivity index (χ1n) is 5.76. The molecule has 1 saturated carbocycles. The number of rotatable bonds is 1. The van der Waals surface area contributed by atoms with E-state index in [-0.39, 0.29) is 43.5 Å². The molecule has 2 rings (SSSR count). The first-order chi connectivity index (χ1) is 7.88. The van der Waals surface area contributed by atoms with E-state index in [0.29, 0.717) is 12.8 Å². The summed E-state index contributed by atoms with van der Waals surface area (Å²) in [6, 6.07) is -0.174. The molecule has 1 aliphatic heterocycles. The van der Waals surface area contributed by atoms with Crippen LogP contribution in [0.15, 0.2) is 0 Å². The number of ketones is 1. The zero-order valence-corrected chi connectivity index (χ0v) is 9.29. The molecule has 0 radical (unpaired) electrons. The Kier molecular flexibility index (Phi) is 3.14. The fraction of sp³-hybridized carbons (Fsp3) is 0.818. The number of carbonyl (C=O) groups excluding carboxylic acids is 2. The van der Waals surface area contributed by atoms with Crippen molar-refractivity contribution in [1.29, 1.82) is 0 Å². The number of Topliss-reactive ketones (excluding diaryl/α,β-unsaturated/α-hetero) is 1. The first kappa shape index (κ1) is 12.4. The lowest BCUT2D eigenvalue weighted by Crippen LogP contribution is -2.41. The summed E-state index contributed by atoms with van der Waals surface area (Å²) in [5.41, 5.74) is 0. The van der Waals surface area contributed by atoms with Crippen molar-refractivity contribution in [3.8, 4) is 0 Å². The monoisotopic (exact) mass is 249 g/mol. The highest BCUT2D eigenvalue weighted by Gasteiger charge is 2.43. The maximum Gasteiger partial charge on any atom is 0.391 e. The second-order valence-corrected chi connectivity index (χ2v) is 4.78. The Hall–Kier alpha value is -1.07. The van der Waals surface area contributed by atoms with E-state index in [1.54, 1.807) is 0 Å². The highest BCUT2D eigenvalue weighted by molar-refractivity contribution is 6.05. The predicted molar refractivity (Wildman–Crippen MR) is 53.1 cm³/mol. The first-order valence-corrected chi connectivity index (χ1v) is 5.76. The second-order valence-electron chi connectivity index (χ2n) is 4.78. The third kappa shape index (κ3) is 2.61. The number of halogens is 3. The molecule has 0 unspecified atom stereocenters. The number of hydrogen-bond acceptors (Lipinski definition) is 2. The van der Waals surface area contributed by atoms with Gasteiger partial charge in [-0.25, -0.2) is 0 Å². The number of likely N-dealkylation sites (tertiary alicyclic amines) is 1. The molecule has 3 nitrogen and oxygen atoms in total. The van der Waals surface area contributed by atoms with Crippen LogP contribution >= 0.6 is 0 Å². The lowest BCUT2D eigenvalue weighted by molar-refractivity contribution is -0.184. The van der Waals surface area contributed by atoms with Crippen molar-refractivity contribution in [2.75, 3.05) is 6.54 Å². The lowest BCUT2D eigenvalue weighted by Gasteiger charge is -2.34. The van der Waals surface area contributed by atoms with E-state index in [9.17, 15) is 22.8 Å². The molecule has 1 amide bonds. The van der Waals surface area contributed by atoms with E-state index in [0.717, 1.165) is 0 Å². The molecule has 0 atom stereocenters. The smallest absolute Gasteiger partial charge is 0.332 e. The molecule has 1 heterocycles. The van der Waals surface area contributed by atoms with Crippen LogP contribution in [0.25, 0.3) is 0 Å². The van der Waals surface area contributed by atoms with Crippen LogP contribution in [0.4, 0.5) is 13.2 Å². The van der Waals surface area contributed by atoms with Gasteiger partial charge < -0.3 is 4.90 Å². The summed E-state index contributed by atoms with van der Waals surface area (Å²) < 4.78 is 37.3.